The number of hydrogen-bond acceptors (Lipinski definition) is 4. The van der Waals surface area contributed by atoms with Gasteiger partial charge < -0.3 is 14.6 Å². The monoisotopic (exact) mass is 231 g/mol. The Balaban J connectivity index is 1.88. The smallest absolute Gasteiger partial charge is 0.254 e. The van der Waals surface area contributed by atoms with Gasteiger partial charge in [-0.15, -0.1) is 0 Å². The van der Waals surface area contributed by atoms with Crippen molar-refractivity contribution in [1.29, 1.82) is 0 Å². The zero-order valence-electron chi connectivity index (χ0n) is 9.35. The molecule has 17 heavy (non-hydrogen) atoms. The summed E-state index contributed by atoms with van der Waals surface area (Å²) in [6.45, 7) is 3.23. The molecule has 0 bridgehead atoms. The average molecular weight is 231 g/mol. The molecule has 1 aliphatic rings. The molecule has 0 spiro atoms. The summed E-state index contributed by atoms with van der Waals surface area (Å²) in [5.41, 5.74) is 2.10. The Morgan fingerprint density at radius 2 is 2.18 bits per heavy atom. The molecule has 5 heteroatoms. The maximum Gasteiger partial charge on any atom is 0.254 e. The van der Waals surface area contributed by atoms with Crippen LogP contribution in [0.4, 0.5) is 0 Å². The molecule has 1 saturated heterocycles. The summed E-state index contributed by atoms with van der Waals surface area (Å²) in [4.78, 5) is 18.1. The van der Waals surface area contributed by atoms with Gasteiger partial charge in [-0.05, 0) is 18.2 Å². The molecule has 3 rings (SSSR count). The Morgan fingerprint density at radius 1 is 1.35 bits per heavy atom. The van der Waals surface area contributed by atoms with Gasteiger partial charge in [0.2, 0.25) is 0 Å². The van der Waals surface area contributed by atoms with Crippen molar-refractivity contribution < 1.29 is 9.21 Å². The summed E-state index contributed by atoms with van der Waals surface area (Å²) in [5.74, 6) is 0.0600. The minimum absolute atomic E-state index is 0.0600. The average Bonchev–Trinajstić information content (AvgIpc) is 2.86. The molecular formula is C12H13N3O2. The summed E-state index contributed by atoms with van der Waals surface area (Å²) in [7, 11) is 0. The van der Waals surface area contributed by atoms with E-state index < -0.39 is 0 Å². The maximum absolute atomic E-state index is 12.2. The number of amides is 1. The lowest BCUT2D eigenvalue weighted by molar-refractivity contribution is 0.0736. The van der Waals surface area contributed by atoms with Crippen LogP contribution in [0.25, 0.3) is 11.1 Å². The van der Waals surface area contributed by atoms with Gasteiger partial charge in [-0.1, -0.05) is 0 Å². The number of carbonyl (C=O) groups is 1. The molecule has 0 radical (unpaired) electrons. The molecule has 0 saturated carbocycles. The molecule has 1 fully saturated rings. The fourth-order valence-corrected chi connectivity index (χ4v) is 2.04. The molecule has 0 atom stereocenters. The van der Waals surface area contributed by atoms with Gasteiger partial charge in [-0.3, -0.25) is 4.79 Å². The lowest BCUT2D eigenvalue weighted by Gasteiger charge is -2.27. The molecule has 5 nitrogen and oxygen atoms in total. The van der Waals surface area contributed by atoms with Crippen molar-refractivity contribution in [2.24, 2.45) is 0 Å². The predicted octanol–water partition coefficient (Wildman–Crippen LogP) is 0.873. The number of aromatic nitrogens is 1. The first-order valence-electron chi connectivity index (χ1n) is 5.68. The minimum Gasteiger partial charge on any atom is -0.443 e. The van der Waals surface area contributed by atoms with E-state index in [4.69, 9.17) is 4.42 Å². The van der Waals surface area contributed by atoms with Crippen LogP contribution in [-0.4, -0.2) is 42.0 Å². The minimum atomic E-state index is 0.0600. The highest BCUT2D eigenvalue weighted by atomic mass is 16.3. The standard InChI is InChI=1S/C12H13N3O2/c16-12(15-5-3-13-4-6-15)9-1-2-10-11(7-9)17-8-14-10/h1-2,7-8,13H,3-6H2. The first-order chi connectivity index (χ1) is 8.34. The molecular weight excluding hydrogens is 218 g/mol. The first-order valence-corrected chi connectivity index (χ1v) is 5.68. The van der Waals surface area contributed by atoms with Gasteiger partial charge in [-0.25, -0.2) is 4.98 Å². The third-order valence-electron chi connectivity index (χ3n) is 2.98. The van der Waals surface area contributed by atoms with E-state index in [1.807, 2.05) is 11.0 Å². The van der Waals surface area contributed by atoms with Crippen molar-refractivity contribution in [3.63, 3.8) is 0 Å². The Bertz CT molecular complexity index is 543. The Labute approximate surface area is 98.4 Å². The molecule has 88 valence electrons. The van der Waals surface area contributed by atoms with E-state index in [-0.39, 0.29) is 5.91 Å². The third-order valence-corrected chi connectivity index (χ3v) is 2.98. The number of benzene rings is 1. The SMILES string of the molecule is O=C(c1ccc2ncoc2c1)N1CCNCC1. The Kier molecular flexibility index (Phi) is 2.53. The second-order valence-electron chi connectivity index (χ2n) is 4.08. The molecule has 2 heterocycles. The predicted molar refractivity (Wildman–Crippen MR) is 62.8 cm³/mol. The van der Waals surface area contributed by atoms with Crippen molar-refractivity contribution in [2.45, 2.75) is 0 Å². The van der Waals surface area contributed by atoms with Crippen LogP contribution in [0, 0.1) is 0 Å². The molecule has 1 amide bonds. The van der Waals surface area contributed by atoms with Crippen LogP contribution in [0.5, 0.6) is 0 Å². The lowest BCUT2D eigenvalue weighted by atomic mass is 10.1. The quantitative estimate of drug-likeness (QED) is 0.791. The van der Waals surface area contributed by atoms with E-state index in [1.165, 1.54) is 6.39 Å². The number of nitrogens with one attached hydrogen (secondary N) is 1. The zero-order valence-corrected chi connectivity index (χ0v) is 9.35. The van der Waals surface area contributed by atoms with E-state index in [0.717, 1.165) is 31.7 Å². The van der Waals surface area contributed by atoms with Crippen LogP contribution in [-0.2, 0) is 0 Å². The van der Waals surface area contributed by atoms with Gasteiger partial charge in [0.1, 0.15) is 5.52 Å². The first kappa shape index (κ1) is 10.3. The van der Waals surface area contributed by atoms with Gasteiger partial charge in [0, 0.05) is 31.7 Å². The second-order valence-corrected chi connectivity index (χ2v) is 4.08. The van der Waals surface area contributed by atoms with Crippen LogP contribution in [0.3, 0.4) is 0 Å². The number of nitrogens with zero attached hydrogens (tertiary/aromatic N) is 2. The van der Waals surface area contributed by atoms with Crippen molar-refractivity contribution in [2.75, 3.05) is 26.2 Å². The summed E-state index contributed by atoms with van der Waals surface area (Å²) < 4.78 is 5.20. The third kappa shape index (κ3) is 1.89. The highest BCUT2D eigenvalue weighted by Gasteiger charge is 2.18. The van der Waals surface area contributed by atoms with Gasteiger partial charge >= 0.3 is 0 Å². The summed E-state index contributed by atoms with van der Waals surface area (Å²) >= 11 is 0. The second kappa shape index (κ2) is 4.18. The molecule has 1 aromatic heterocycles. The van der Waals surface area contributed by atoms with Crippen LogP contribution < -0.4 is 5.32 Å². The number of fused-ring (bicyclic) bond motifs is 1. The number of rotatable bonds is 1. The Morgan fingerprint density at radius 3 is 3.00 bits per heavy atom. The molecule has 2 aromatic rings. The molecule has 1 N–H and O–H groups in total. The van der Waals surface area contributed by atoms with Gasteiger partial charge in [-0.2, -0.15) is 0 Å². The number of hydrogen-bond donors (Lipinski definition) is 1. The van der Waals surface area contributed by atoms with Gasteiger partial charge in [0.15, 0.2) is 12.0 Å². The number of oxazole rings is 1. The fraction of sp³-hybridized carbons (Fsp3) is 0.333. The zero-order chi connectivity index (χ0) is 11.7. The van der Waals surface area contributed by atoms with Crippen LogP contribution in [0.15, 0.2) is 29.0 Å². The van der Waals surface area contributed by atoms with E-state index >= 15 is 0 Å². The van der Waals surface area contributed by atoms with E-state index in [2.05, 4.69) is 10.3 Å². The number of piperazine rings is 1. The maximum atomic E-state index is 12.2. The topological polar surface area (TPSA) is 58.4 Å². The largest absolute Gasteiger partial charge is 0.443 e. The summed E-state index contributed by atoms with van der Waals surface area (Å²) in [6.07, 6.45) is 1.39. The number of carbonyl (C=O) groups excluding carboxylic acids is 1. The molecule has 0 aliphatic carbocycles. The van der Waals surface area contributed by atoms with Gasteiger partial charge in [0.05, 0.1) is 0 Å². The lowest BCUT2D eigenvalue weighted by Crippen LogP contribution is -2.46. The van der Waals surface area contributed by atoms with E-state index in [0.29, 0.717) is 11.1 Å². The normalized spacial score (nSPS) is 16.4. The highest BCUT2D eigenvalue weighted by Crippen LogP contribution is 2.15. The van der Waals surface area contributed by atoms with Crippen LogP contribution in [0.2, 0.25) is 0 Å². The fourth-order valence-electron chi connectivity index (χ4n) is 2.04. The van der Waals surface area contributed by atoms with Crippen LogP contribution >= 0.6 is 0 Å². The van der Waals surface area contributed by atoms with Gasteiger partial charge in [0.25, 0.3) is 5.91 Å². The highest BCUT2D eigenvalue weighted by molar-refractivity contribution is 5.97. The Hall–Kier alpha value is -1.88. The van der Waals surface area contributed by atoms with Crippen molar-refractivity contribution >= 4 is 17.0 Å². The molecule has 0 unspecified atom stereocenters. The summed E-state index contributed by atoms with van der Waals surface area (Å²) in [6, 6.07) is 5.37. The van der Waals surface area contributed by atoms with Crippen molar-refractivity contribution in [3.05, 3.63) is 30.2 Å². The molecule has 1 aromatic carbocycles. The van der Waals surface area contributed by atoms with Crippen molar-refractivity contribution in [3.8, 4) is 0 Å². The van der Waals surface area contributed by atoms with E-state index in [9.17, 15) is 4.79 Å². The van der Waals surface area contributed by atoms with Crippen molar-refractivity contribution in [1.82, 2.24) is 15.2 Å². The molecule has 1 aliphatic heterocycles. The summed E-state index contributed by atoms with van der Waals surface area (Å²) in [5, 5.41) is 3.22. The van der Waals surface area contributed by atoms with Crippen LogP contribution in [0.1, 0.15) is 10.4 Å². The van der Waals surface area contributed by atoms with E-state index in [1.54, 1.807) is 12.1 Å².